The van der Waals surface area contributed by atoms with Gasteiger partial charge >= 0.3 is 0 Å². The Balaban J connectivity index is 1.84. The number of hydrogen-bond donors (Lipinski definition) is 1. The van der Waals surface area contributed by atoms with Gasteiger partial charge in [-0.2, -0.15) is 0 Å². The smallest absolute Gasteiger partial charge is 0.251 e. The standard InChI is InChI=1S/C19H20N4O2/c1-3-6-16(18-22-21-17-7-4-5-12-23(17)18)20-19(25)15-10-8-14(9-11-15)13(2)24/h4-5,7-12,16H,3,6H2,1-2H3,(H,20,25). The Hall–Kier alpha value is -3.02. The van der Waals surface area contributed by atoms with Gasteiger partial charge in [0.05, 0.1) is 6.04 Å². The molecule has 6 nitrogen and oxygen atoms in total. The fourth-order valence-corrected chi connectivity index (χ4v) is 2.75. The second-order valence-corrected chi connectivity index (χ2v) is 5.94. The minimum absolute atomic E-state index is 0.0225. The van der Waals surface area contributed by atoms with E-state index in [1.165, 1.54) is 6.92 Å². The Labute approximate surface area is 145 Å². The summed E-state index contributed by atoms with van der Waals surface area (Å²) < 4.78 is 1.89. The molecule has 2 heterocycles. The summed E-state index contributed by atoms with van der Waals surface area (Å²) in [7, 11) is 0. The molecule has 0 aliphatic rings. The third kappa shape index (κ3) is 3.57. The normalized spacial score (nSPS) is 12.1. The summed E-state index contributed by atoms with van der Waals surface area (Å²) in [5.41, 5.74) is 1.85. The van der Waals surface area contributed by atoms with Crippen LogP contribution in [0, 0.1) is 0 Å². The van der Waals surface area contributed by atoms with Crippen LogP contribution in [0.4, 0.5) is 0 Å². The Morgan fingerprint density at radius 2 is 1.80 bits per heavy atom. The van der Waals surface area contributed by atoms with Crippen molar-refractivity contribution in [2.24, 2.45) is 0 Å². The van der Waals surface area contributed by atoms with E-state index in [0.29, 0.717) is 17.0 Å². The maximum Gasteiger partial charge on any atom is 0.251 e. The summed E-state index contributed by atoms with van der Waals surface area (Å²) in [5.74, 6) is 0.498. The predicted octanol–water partition coefficient (Wildman–Crippen LogP) is 3.20. The van der Waals surface area contributed by atoms with Crippen LogP contribution in [0.3, 0.4) is 0 Å². The molecule has 0 saturated heterocycles. The molecule has 0 spiro atoms. The molecule has 1 amide bonds. The summed E-state index contributed by atoms with van der Waals surface area (Å²) in [5, 5.41) is 11.4. The van der Waals surface area contributed by atoms with E-state index in [4.69, 9.17) is 0 Å². The molecule has 6 heteroatoms. The van der Waals surface area contributed by atoms with Crippen LogP contribution in [0.5, 0.6) is 0 Å². The maximum atomic E-state index is 12.6. The lowest BCUT2D eigenvalue weighted by Crippen LogP contribution is -2.30. The van der Waals surface area contributed by atoms with Crippen molar-refractivity contribution < 1.29 is 9.59 Å². The SMILES string of the molecule is CCCC(NC(=O)c1ccc(C(C)=O)cc1)c1nnc2ccccn12. The van der Waals surface area contributed by atoms with Gasteiger partial charge in [0.2, 0.25) is 0 Å². The minimum Gasteiger partial charge on any atom is -0.342 e. The number of hydrogen-bond acceptors (Lipinski definition) is 4. The van der Waals surface area contributed by atoms with Crippen LogP contribution in [0.25, 0.3) is 5.65 Å². The van der Waals surface area contributed by atoms with Crippen molar-refractivity contribution in [1.29, 1.82) is 0 Å². The molecule has 128 valence electrons. The maximum absolute atomic E-state index is 12.6. The van der Waals surface area contributed by atoms with Gasteiger partial charge in [-0.15, -0.1) is 10.2 Å². The lowest BCUT2D eigenvalue weighted by Gasteiger charge is -2.16. The second kappa shape index (κ2) is 7.25. The Morgan fingerprint density at radius 1 is 1.08 bits per heavy atom. The molecule has 1 N–H and O–H groups in total. The highest BCUT2D eigenvalue weighted by Crippen LogP contribution is 2.18. The van der Waals surface area contributed by atoms with Gasteiger partial charge in [-0.3, -0.25) is 14.0 Å². The van der Waals surface area contributed by atoms with Crippen LogP contribution >= 0.6 is 0 Å². The molecule has 0 aliphatic heterocycles. The molecule has 0 radical (unpaired) electrons. The number of aromatic nitrogens is 3. The lowest BCUT2D eigenvalue weighted by molar-refractivity contribution is 0.0930. The highest BCUT2D eigenvalue weighted by Gasteiger charge is 2.20. The van der Waals surface area contributed by atoms with E-state index in [9.17, 15) is 9.59 Å². The minimum atomic E-state index is -0.234. The molecule has 1 unspecified atom stereocenters. The number of nitrogens with zero attached hydrogens (tertiary/aromatic N) is 3. The zero-order valence-electron chi connectivity index (χ0n) is 14.3. The Morgan fingerprint density at radius 3 is 2.48 bits per heavy atom. The van der Waals surface area contributed by atoms with E-state index < -0.39 is 0 Å². The first-order chi connectivity index (χ1) is 12.1. The molecule has 0 fully saturated rings. The summed E-state index contributed by atoms with van der Waals surface area (Å²) in [4.78, 5) is 23.9. The fourth-order valence-electron chi connectivity index (χ4n) is 2.75. The average Bonchev–Trinajstić information content (AvgIpc) is 3.05. The molecule has 0 aliphatic carbocycles. The molecule has 1 aromatic carbocycles. The topological polar surface area (TPSA) is 76.4 Å². The molecule has 1 atom stereocenters. The molecular formula is C19H20N4O2. The third-order valence-electron chi connectivity index (χ3n) is 4.09. The fraction of sp³-hybridized carbons (Fsp3) is 0.263. The predicted molar refractivity (Wildman–Crippen MR) is 94.5 cm³/mol. The van der Waals surface area contributed by atoms with Gasteiger partial charge in [-0.25, -0.2) is 0 Å². The number of fused-ring (bicyclic) bond motifs is 1. The van der Waals surface area contributed by atoms with Crippen molar-refractivity contribution in [2.45, 2.75) is 32.7 Å². The van der Waals surface area contributed by atoms with E-state index in [-0.39, 0.29) is 17.7 Å². The van der Waals surface area contributed by atoms with Crippen molar-refractivity contribution in [1.82, 2.24) is 19.9 Å². The number of nitrogens with one attached hydrogen (secondary N) is 1. The first kappa shape index (κ1) is 16.8. The van der Waals surface area contributed by atoms with Crippen LogP contribution in [-0.2, 0) is 0 Å². The van der Waals surface area contributed by atoms with Crippen LogP contribution < -0.4 is 5.32 Å². The Bertz CT molecular complexity index is 899. The zero-order chi connectivity index (χ0) is 17.8. The van der Waals surface area contributed by atoms with Crippen molar-refractivity contribution in [2.75, 3.05) is 0 Å². The van der Waals surface area contributed by atoms with Crippen molar-refractivity contribution in [3.63, 3.8) is 0 Å². The van der Waals surface area contributed by atoms with Gasteiger partial charge in [0, 0.05) is 17.3 Å². The summed E-state index contributed by atoms with van der Waals surface area (Å²) in [6, 6.07) is 12.1. The number of amides is 1. The van der Waals surface area contributed by atoms with E-state index in [1.807, 2.05) is 28.8 Å². The highest BCUT2D eigenvalue weighted by molar-refractivity contribution is 5.97. The van der Waals surface area contributed by atoms with Gasteiger partial charge in [0.1, 0.15) is 0 Å². The first-order valence-corrected chi connectivity index (χ1v) is 8.31. The summed E-state index contributed by atoms with van der Waals surface area (Å²) in [6.45, 7) is 3.56. The molecule has 0 saturated carbocycles. The molecule has 3 aromatic rings. The van der Waals surface area contributed by atoms with Crippen molar-refractivity contribution >= 4 is 17.3 Å². The summed E-state index contributed by atoms with van der Waals surface area (Å²) in [6.07, 6.45) is 3.55. The highest BCUT2D eigenvalue weighted by atomic mass is 16.1. The van der Waals surface area contributed by atoms with Gasteiger partial charge in [0.25, 0.3) is 5.91 Å². The molecular weight excluding hydrogens is 316 g/mol. The largest absolute Gasteiger partial charge is 0.342 e. The quantitative estimate of drug-likeness (QED) is 0.701. The van der Waals surface area contributed by atoms with Gasteiger partial charge in [-0.05, 0) is 37.6 Å². The van der Waals surface area contributed by atoms with Crippen LogP contribution in [0.2, 0.25) is 0 Å². The van der Waals surface area contributed by atoms with Gasteiger partial charge in [0.15, 0.2) is 17.3 Å². The third-order valence-corrected chi connectivity index (χ3v) is 4.09. The Kier molecular flexibility index (Phi) is 4.88. The number of Topliss-reactive ketones (excluding diaryl/α,β-unsaturated/α-hetero) is 1. The van der Waals surface area contributed by atoms with Crippen LogP contribution in [0.15, 0.2) is 48.7 Å². The number of benzene rings is 1. The number of ketones is 1. The van der Waals surface area contributed by atoms with E-state index in [1.54, 1.807) is 24.3 Å². The number of carbonyl (C=O) groups is 2. The van der Waals surface area contributed by atoms with E-state index in [0.717, 1.165) is 18.5 Å². The van der Waals surface area contributed by atoms with E-state index >= 15 is 0 Å². The summed E-state index contributed by atoms with van der Waals surface area (Å²) >= 11 is 0. The molecule has 3 rings (SSSR count). The van der Waals surface area contributed by atoms with Crippen LogP contribution in [0.1, 0.15) is 59.3 Å². The lowest BCUT2D eigenvalue weighted by atomic mass is 10.1. The second-order valence-electron chi connectivity index (χ2n) is 5.94. The first-order valence-electron chi connectivity index (χ1n) is 8.31. The number of pyridine rings is 1. The molecule has 0 bridgehead atoms. The monoisotopic (exact) mass is 336 g/mol. The molecule has 25 heavy (non-hydrogen) atoms. The van der Waals surface area contributed by atoms with Gasteiger partial charge < -0.3 is 5.32 Å². The average molecular weight is 336 g/mol. The number of carbonyl (C=O) groups excluding carboxylic acids is 2. The van der Waals surface area contributed by atoms with E-state index in [2.05, 4.69) is 22.4 Å². The number of rotatable bonds is 6. The molecule has 2 aromatic heterocycles. The van der Waals surface area contributed by atoms with Crippen molar-refractivity contribution in [3.8, 4) is 0 Å². The van der Waals surface area contributed by atoms with Gasteiger partial charge in [-0.1, -0.05) is 31.5 Å². The van der Waals surface area contributed by atoms with Crippen LogP contribution in [-0.4, -0.2) is 26.3 Å². The zero-order valence-corrected chi connectivity index (χ0v) is 14.3. The van der Waals surface area contributed by atoms with Crippen molar-refractivity contribution in [3.05, 3.63) is 65.6 Å².